The topological polar surface area (TPSA) is 30.3 Å². The summed E-state index contributed by atoms with van der Waals surface area (Å²) < 4.78 is 26.6. The fraction of sp³-hybridized carbons (Fsp3) is 0.500. The Morgan fingerprint density at radius 1 is 1.26 bits per heavy atom. The molecule has 19 heavy (non-hydrogen) atoms. The van der Waals surface area contributed by atoms with Crippen molar-refractivity contribution in [3.63, 3.8) is 0 Å². The van der Waals surface area contributed by atoms with Gasteiger partial charge >= 0.3 is 0 Å². The molecule has 2 rings (SSSR count). The van der Waals surface area contributed by atoms with Gasteiger partial charge in [0.15, 0.2) is 0 Å². The SMILES string of the molecule is C[C@@H](c1ccc(F)cc1F)N1CCN(CC#N)CC1. The number of nitriles is 1. The Hall–Kier alpha value is -1.51. The van der Waals surface area contributed by atoms with Gasteiger partial charge in [-0.15, -0.1) is 0 Å². The van der Waals surface area contributed by atoms with E-state index < -0.39 is 11.6 Å². The van der Waals surface area contributed by atoms with Crippen LogP contribution in [0, 0.1) is 23.0 Å². The van der Waals surface area contributed by atoms with E-state index in [1.807, 2.05) is 6.92 Å². The van der Waals surface area contributed by atoms with Crippen molar-refractivity contribution in [2.75, 3.05) is 32.7 Å². The summed E-state index contributed by atoms with van der Waals surface area (Å²) in [6.07, 6.45) is 0. The normalized spacial score (nSPS) is 19.1. The monoisotopic (exact) mass is 265 g/mol. The van der Waals surface area contributed by atoms with Crippen LogP contribution in [0.3, 0.4) is 0 Å². The van der Waals surface area contributed by atoms with Crippen LogP contribution in [-0.4, -0.2) is 42.5 Å². The van der Waals surface area contributed by atoms with Crippen molar-refractivity contribution in [3.8, 4) is 6.07 Å². The highest BCUT2D eigenvalue weighted by Gasteiger charge is 2.23. The standard InChI is InChI=1S/C14H17F2N3/c1-11(13-3-2-12(15)10-14(13)16)19-8-6-18(5-4-17)7-9-19/h2-3,10-11H,5-9H2,1H3/t11-/m0/s1. The Balaban J connectivity index is 2.01. The summed E-state index contributed by atoms with van der Waals surface area (Å²) in [5.74, 6) is -1.04. The lowest BCUT2D eigenvalue weighted by atomic mass is 10.1. The van der Waals surface area contributed by atoms with Gasteiger partial charge in [-0.2, -0.15) is 5.26 Å². The van der Waals surface area contributed by atoms with E-state index in [1.54, 1.807) is 0 Å². The molecule has 1 heterocycles. The van der Waals surface area contributed by atoms with Gasteiger partial charge in [-0.1, -0.05) is 6.07 Å². The molecule has 1 atom stereocenters. The predicted molar refractivity (Wildman–Crippen MR) is 68.4 cm³/mol. The molecule has 0 spiro atoms. The van der Waals surface area contributed by atoms with Gasteiger partial charge in [-0.05, 0) is 13.0 Å². The van der Waals surface area contributed by atoms with Gasteiger partial charge in [0.1, 0.15) is 11.6 Å². The average molecular weight is 265 g/mol. The molecule has 1 aromatic carbocycles. The Kier molecular flexibility index (Phi) is 4.46. The van der Waals surface area contributed by atoms with Gasteiger partial charge < -0.3 is 0 Å². The summed E-state index contributed by atoms with van der Waals surface area (Å²) in [4.78, 5) is 4.23. The largest absolute Gasteiger partial charge is 0.294 e. The molecule has 102 valence electrons. The number of piperazine rings is 1. The number of rotatable bonds is 3. The van der Waals surface area contributed by atoms with E-state index in [9.17, 15) is 8.78 Å². The molecule has 1 saturated heterocycles. The lowest BCUT2D eigenvalue weighted by Gasteiger charge is -2.37. The highest BCUT2D eigenvalue weighted by Crippen LogP contribution is 2.24. The van der Waals surface area contributed by atoms with Crippen molar-refractivity contribution in [2.24, 2.45) is 0 Å². The minimum Gasteiger partial charge on any atom is -0.294 e. The van der Waals surface area contributed by atoms with Crippen LogP contribution in [-0.2, 0) is 0 Å². The van der Waals surface area contributed by atoms with Crippen LogP contribution in [0.5, 0.6) is 0 Å². The first-order chi connectivity index (χ1) is 9.11. The smallest absolute Gasteiger partial charge is 0.130 e. The van der Waals surface area contributed by atoms with E-state index in [2.05, 4.69) is 15.9 Å². The van der Waals surface area contributed by atoms with Crippen LogP contribution in [0.4, 0.5) is 8.78 Å². The van der Waals surface area contributed by atoms with Gasteiger partial charge in [0, 0.05) is 43.9 Å². The van der Waals surface area contributed by atoms with Crippen LogP contribution in [0.25, 0.3) is 0 Å². The second-order valence-corrected chi connectivity index (χ2v) is 4.81. The Bertz CT molecular complexity index is 476. The van der Waals surface area contributed by atoms with Crippen LogP contribution in [0.2, 0.25) is 0 Å². The molecule has 0 bridgehead atoms. The fourth-order valence-electron chi connectivity index (χ4n) is 2.45. The molecular formula is C14H17F2N3. The van der Waals surface area contributed by atoms with Crippen molar-refractivity contribution >= 4 is 0 Å². The number of benzene rings is 1. The van der Waals surface area contributed by atoms with Gasteiger partial charge in [-0.25, -0.2) is 8.78 Å². The Labute approximate surface area is 112 Å². The summed E-state index contributed by atoms with van der Waals surface area (Å²) in [5, 5.41) is 8.64. The highest BCUT2D eigenvalue weighted by atomic mass is 19.1. The first-order valence-electron chi connectivity index (χ1n) is 6.40. The average Bonchev–Trinajstić information content (AvgIpc) is 2.39. The van der Waals surface area contributed by atoms with Gasteiger partial charge in [0.2, 0.25) is 0 Å². The number of halogens is 2. The molecule has 0 N–H and O–H groups in total. The zero-order valence-corrected chi connectivity index (χ0v) is 10.9. The van der Waals surface area contributed by atoms with Crippen molar-refractivity contribution in [1.29, 1.82) is 5.26 Å². The summed E-state index contributed by atoms with van der Waals surface area (Å²) in [6.45, 7) is 5.56. The third-order valence-electron chi connectivity index (χ3n) is 3.66. The third kappa shape index (κ3) is 3.28. The summed E-state index contributed by atoms with van der Waals surface area (Å²) in [6, 6.07) is 5.79. The van der Waals surface area contributed by atoms with Crippen molar-refractivity contribution in [3.05, 3.63) is 35.4 Å². The van der Waals surface area contributed by atoms with Crippen LogP contribution >= 0.6 is 0 Å². The van der Waals surface area contributed by atoms with Crippen LogP contribution in [0.15, 0.2) is 18.2 Å². The fourth-order valence-corrected chi connectivity index (χ4v) is 2.45. The van der Waals surface area contributed by atoms with Gasteiger partial charge in [0.25, 0.3) is 0 Å². The number of nitrogens with zero attached hydrogens (tertiary/aromatic N) is 3. The summed E-state index contributed by atoms with van der Waals surface area (Å²) in [5.41, 5.74) is 0.523. The Morgan fingerprint density at radius 2 is 1.95 bits per heavy atom. The van der Waals surface area contributed by atoms with Gasteiger partial charge in [-0.3, -0.25) is 9.80 Å². The molecule has 5 heteroatoms. The molecule has 0 radical (unpaired) electrons. The van der Waals surface area contributed by atoms with E-state index >= 15 is 0 Å². The summed E-state index contributed by atoms with van der Waals surface area (Å²) in [7, 11) is 0. The lowest BCUT2D eigenvalue weighted by molar-refractivity contribution is 0.109. The van der Waals surface area contributed by atoms with Crippen LogP contribution in [0.1, 0.15) is 18.5 Å². The van der Waals surface area contributed by atoms with Crippen molar-refractivity contribution < 1.29 is 8.78 Å². The predicted octanol–water partition coefficient (Wildman–Crippen LogP) is 2.17. The first kappa shape index (κ1) is 13.9. The van der Waals surface area contributed by atoms with E-state index in [1.165, 1.54) is 12.1 Å². The minimum absolute atomic E-state index is 0.0789. The molecule has 1 aliphatic heterocycles. The second-order valence-electron chi connectivity index (χ2n) is 4.81. The maximum atomic E-state index is 13.7. The minimum atomic E-state index is -0.549. The molecule has 1 aliphatic rings. The Morgan fingerprint density at radius 3 is 2.53 bits per heavy atom. The molecule has 0 unspecified atom stereocenters. The van der Waals surface area contributed by atoms with E-state index in [0.29, 0.717) is 12.1 Å². The first-order valence-corrected chi connectivity index (χ1v) is 6.40. The van der Waals surface area contributed by atoms with Crippen molar-refractivity contribution in [1.82, 2.24) is 9.80 Å². The molecule has 1 fully saturated rings. The molecule has 3 nitrogen and oxygen atoms in total. The third-order valence-corrected chi connectivity index (χ3v) is 3.66. The molecule has 0 aromatic heterocycles. The molecule has 1 aromatic rings. The maximum Gasteiger partial charge on any atom is 0.130 e. The second kappa shape index (κ2) is 6.09. The van der Waals surface area contributed by atoms with E-state index in [4.69, 9.17) is 5.26 Å². The molecule has 0 aliphatic carbocycles. The molecule has 0 saturated carbocycles. The van der Waals surface area contributed by atoms with E-state index in [0.717, 1.165) is 32.2 Å². The van der Waals surface area contributed by atoms with Crippen LogP contribution < -0.4 is 0 Å². The molecular weight excluding hydrogens is 248 g/mol. The van der Waals surface area contributed by atoms with Gasteiger partial charge in [0.05, 0.1) is 12.6 Å². The van der Waals surface area contributed by atoms with E-state index in [-0.39, 0.29) is 6.04 Å². The zero-order valence-electron chi connectivity index (χ0n) is 10.9. The summed E-state index contributed by atoms with van der Waals surface area (Å²) >= 11 is 0. The zero-order chi connectivity index (χ0) is 13.8. The highest BCUT2D eigenvalue weighted by molar-refractivity contribution is 5.21. The quantitative estimate of drug-likeness (QED) is 0.785. The van der Waals surface area contributed by atoms with Crippen molar-refractivity contribution in [2.45, 2.75) is 13.0 Å². The lowest BCUT2D eigenvalue weighted by Crippen LogP contribution is -2.47. The molecule has 0 amide bonds. The maximum absolute atomic E-state index is 13.7. The number of hydrogen-bond acceptors (Lipinski definition) is 3. The number of hydrogen-bond donors (Lipinski definition) is 0.